The van der Waals surface area contributed by atoms with Crippen LogP contribution in [0.5, 0.6) is 0 Å². The van der Waals surface area contributed by atoms with Gasteiger partial charge < -0.3 is 0 Å². The molecule has 1 aliphatic carbocycles. The van der Waals surface area contributed by atoms with Gasteiger partial charge in [0.15, 0.2) is 7.28 Å². The van der Waals surface area contributed by atoms with E-state index in [9.17, 15) is 0 Å². The third-order valence-corrected chi connectivity index (χ3v) is 2.44. The largest absolute Gasteiger partial charge is 0.155 e. The van der Waals surface area contributed by atoms with Crippen LogP contribution in [0.15, 0.2) is 54.0 Å². The van der Waals surface area contributed by atoms with Gasteiger partial charge in [-0.2, -0.15) is 0 Å². The van der Waals surface area contributed by atoms with Crippen LogP contribution in [0.2, 0.25) is 0 Å². The number of rotatable bonds is 3. The molecule has 0 spiro atoms. The van der Waals surface area contributed by atoms with Crippen molar-refractivity contribution in [3.8, 4) is 0 Å². The van der Waals surface area contributed by atoms with Crippen LogP contribution < -0.4 is 0 Å². The first-order valence-electron chi connectivity index (χ1n) is 5.19. The third-order valence-electron chi connectivity index (χ3n) is 2.44. The van der Waals surface area contributed by atoms with Crippen molar-refractivity contribution in [2.75, 3.05) is 0 Å². The normalized spacial score (nSPS) is 15.0. The average Bonchev–Trinajstić information content (AvgIpc) is 2.29. The fourth-order valence-corrected chi connectivity index (χ4v) is 1.63. The van der Waals surface area contributed by atoms with Gasteiger partial charge in [-0.15, -0.1) is 0 Å². The van der Waals surface area contributed by atoms with Crippen molar-refractivity contribution in [2.45, 2.75) is 19.2 Å². The molecule has 1 aromatic carbocycles. The molecule has 0 saturated carbocycles. The molecule has 0 unspecified atom stereocenters. The zero-order valence-electron chi connectivity index (χ0n) is 8.32. The predicted octanol–water partition coefficient (Wildman–Crippen LogP) is 3.12. The van der Waals surface area contributed by atoms with Crippen LogP contribution in [0, 0.1) is 0 Å². The van der Waals surface area contributed by atoms with Gasteiger partial charge in [-0.1, -0.05) is 59.6 Å². The maximum absolute atomic E-state index is 2.31. The van der Waals surface area contributed by atoms with E-state index in [1.54, 1.807) is 0 Å². The first-order valence-corrected chi connectivity index (χ1v) is 5.19. The Balaban J connectivity index is 1.88. The maximum Gasteiger partial charge on any atom is 0.155 e. The van der Waals surface area contributed by atoms with E-state index in [-0.39, 0.29) is 0 Å². The highest BCUT2D eigenvalue weighted by molar-refractivity contribution is 6.46. The van der Waals surface area contributed by atoms with E-state index in [4.69, 9.17) is 0 Å². The summed E-state index contributed by atoms with van der Waals surface area (Å²) in [5.74, 6) is 0. The van der Waals surface area contributed by atoms with Gasteiger partial charge in [-0.25, -0.2) is 0 Å². The van der Waals surface area contributed by atoms with E-state index >= 15 is 0 Å². The maximum atomic E-state index is 2.31. The second-order valence-electron chi connectivity index (χ2n) is 3.58. The SMILES string of the molecule is [B](Cc1ccccc1)C1=CCCC=C1. The average molecular weight is 181 g/mol. The van der Waals surface area contributed by atoms with Crippen molar-refractivity contribution in [1.82, 2.24) is 0 Å². The number of hydrogen-bond acceptors (Lipinski definition) is 0. The van der Waals surface area contributed by atoms with Crippen molar-refractivity contribution in [3.05, 3.63) is 59.6 Å². The topological polar surface area (TPSA) is 0 Å². The van der Waals surface area contributed by atoms with E-state index < -0.39 is 0 Å². The molecule has 0 N–H and O–H groups in total. The summed E-state index contributed by atoms with van der Waals surface area (Å²) in [6, 6.07) is 10.6. The Hall–Kier alpha value is -1.24. The zero-order valence-corrected chi connectivity index (χ0v) is 8.32. The lowest BCUT2D eigenvalue weighted by atomic mass is 9.63. The molecule has 0 heterocycles. The van der Waals surface area contributed by atoms with Crippen molar-refractivity contribution >= 4 is 7.28 Å². The lowest BCUT2D eigenvalue weighted by Crippen LogP contribution is -2.01. The van der Waals surface area contributed by atoms with Crippen LogP contribution in [0.4, 0.5) is 0 Å². The Morgan fingerprint density at radius 2 is 1.93 bits per heavy atom. The van der Waals surface area contributed by atoms with Gasteiger partial charge in [0.25, 0.3) is 0 Å². The molecule has 0 atom stereocenters. The summed E-state index contributed by atoms with van der Waals surface area (Å²) < 4.78 is 0. The summed E-state index contributed by atoms with van der Waals surface area (Å²) in [6.07, 6.45) is 10.2. The molecule has 0 amide bonds. The zero-order chi connectivity index (χ0) is 9.64. The molecule has 1 aliphatic rings. The highest BCUT2D eigenvalue weighted by Gasteiger charge is 1.99. The molecule has 1 aromatic rings. The fraction of sp³-hybridized carbons (Fsp3) is 0.231. The van der Waals surface area contributed by atoms with Crippen LogP contribution >= 0.6 is 0 Å². The molecule has 1 heteroatoms. The quantitative estimate of drug-likeness (QED) is 0.628. The number of hydrogen-bond donors (Lipinski definition) is 0. The Bertz CT molecular complexity index is 336. The molecule has 69 valence electrons. The van der Waals surface area contributed by atoms with Crippen LogP contribution in [0.25, 0.3) is 0 Å². The second-order valence-corrected chi connectivity index (χ2v) is 3.58. The van der Waals surface area contributed by atoms with E-state index in [1.165, 1.54) is 23.9 Å². The van der Waals surface area contributed by atoms with Gasteiger partial charge in [0.2, 0.25) is 0 Å². The Kier molecular flexibility index (Phi) is 3.23. The molecular weight excluding hydrogens is 167 g/mol. The molecule has 0 saturated heterocycles. The summed E-state index contributed by atoms with van der Waals surface area (Å²) in [5.41, 5.74) is 2.76. The summed E-state index contributed by atoms with van der Waals surface area (Å²) >= 11 is 0. The lowest BCUT2D eigenvalue weighted by Gasteiger charge is -2.05. The van der Waals surface area contributed by atoms with Gasteiger partial charge >= 0.3 is 0 Å². The van der Waals surface area contributed by atoms with Crippen LogP contribution in [-0.4, -0.2) is 7.28 Å². The Morgan fingerprint density at radius 1 is 1.07 bits per heavy atom. The smallest absolute Gasteiger partial charge is 0.0917 e. The van der Waals surface area contributed by atoms with Crippen molar-refractivity contribution < 1.29 is 0 Å². The van der Waals surface area contributed by atoms with Crippen molar-refractivity contribution in [2.24, 2.45) is 0 Å². The first-order chi connectivity index (χ1) is 6.95. The molecule has 0 fully saturated rings. The summed E-state index contributed by atoms with van der Waals surface area (Å²) in [7, 11) is 2.30. The summed E-state index contributed by atoms with van der Waals surface area (Å²) in [6.45, 7) is 0. The molecule has 0 nitrogen and oxygen atoms in total. The standard InChI is InChI=1S/C13H14B/c1-3-7-12(8-4-1)11-14-13-9-5-2-6-10-13/h1,3-5,7-10H,2,6,11H2. The van der Waals surface area contributed by atoms with Crippen molar-refractivity contribution in [3.63, 3.8) is 0 Å². The van der Waals surface area contributed by atoms with Gasteiger partial charge in [-0.05, 0) is 19.2 Å². The van der Waals surface area contributed by atoms with E-state index in [1.807, 2.05) is 0 Å². The summed E-state index contributed by atoms with van der Waals surface area (Å²) in [5, 5.41) is 0. The summed E-state index contributed by atoms with van der Waals surface area (Å²) in [4.78, 5) is 0. The molecule has 2 rings (SSSR count). The first kappa shape index (κ1) is 9.33. The molecule has 1 radical (unpaired) electrons. The Morgan fingerprint density at radius 3 is 2.64 bits per heavy atom. The lowest BCUT2D eigenvalue weighted by molar-refractivity contribution is 1.03. The number of allylic oxidation sites excluding steroid dienone is 4. The molecule has 0 aliphatic heterocycles. The van der Waals surface area contributed by atoms with E-state index in [0.717, 1.165) is 6.32 Å². The van der Waals surface area contributed by atoms with Gasteiger partial charge in [0.1, 0.15) is 0 Å². The highest BCUT2D eigenvalue weighted by atomic mass is 13.9. The van der Waals surface area contributed by atoms with Gasteiger partial charge in [-0.3, -0.25) is 0 Å². The second kappa shape index (κ2) is 4.85. The van der Waals surface area contributed by atoms with Gasteiger partial charge in [0.05, 0.1) is 0 Å². The number of benzene rings is 1. The third kappa shape index (κ3) is 2.63. The van der Waals surface area contributed by atoms with Crippen molar-refractivity contribution in [1.29, 1.82) is 0 Å². The minimum absolute atomic E-state index is 1.04. The fourth-order valence-electron chi connectivity index (χ4n) is 1.63. The molecule has 0 bridgehead atoms. The van der Waals surface area contributed by atoms with E-state index in [2.05, 4.69) is 55.8 Å². The van der Waals surface area contributed by atoms with Gasteiger partial charge in [0, 0.05) is 0 Å². The molecule has 0 aromatic heterocycles. The van der Waals surface area contributed by atoms with Crippen LogP contribution in [0.3, 0.4) is 0 Å². The van der Waals surface area contributed by atoms with E-state index in [0.29, 0.717) is 0 Å². The minimum Gasteiger partial charge on any atom is -0.0917 e. The molecule has 14 heavy (non-hydrogen) atoms. The molecular formula is C13H14B. The predicted molar refractivity (Wildman–Crippen MR) is 62.4 cm³/mol. The Labute approximate surface area is 86.6 Å². The van der Waals surface area contributed by atoms with Crippen LogP contribution in [0.1, 0.15) is 18.4 Å². The van der Waals surface area contributed by atoms with Crippen LogP contribution in [-0.2, 0) is 6.32 Å². The minimum atomic E-state index is 1.04. The highest BCUT2D eigenvalue weighted by Crippen LogP contribution is 2.10. The monoisotopic (exact) mass is 181 g/mol.